The van der Waals surface area contributed by atoms with Crippen LogP contribution in [0.1, 0.15) is 65.5 Å². The Bertz CT molecular complexity index is 2670. The molecule has 1 unspecified atom stereocenters. The summed E-state index contributed by atoms with van der Waals surface area (Å²) < 4.78 is 28.4. The molecule has 3 aliphatic heterocycles. The highest BCUT2D eigenvalue weighted by atomic mass is 32.1. The molecular formula is C49H49N5O11S. The molecule has 0 aliphatic carbocycles. The first-order valence-corrected chi connectivity index (χ1v) is 22.6. The van der Waals surface area contributed by atoms with Crippen LogP contribution in [-0.2, 0) is 41.4 Å². The van der Waals surface area contributed by atoms with Crippen molar-refractivity contribution in [1.82, 2.24) is 15.2 Å². The van der Waals surface area contributed by atoms with Gasteiger partial charge in [-0.3, -0.25) is 39.0 Å². The van der Waals surface area contributed by atoms with Crippen molar-refractivity contribution in [1.29, 1.82) is 0 Å². The van der Waals surface area contributed by atoms with Crippen LogP contribution in [0.2, 0.25) is 0 Å². The van der Waals surface area contributed by atoms with E-state index in [4.69, 9.17) is 28.7 Å². The third kappa shape index (κ3) is 10.5. The van der Waals surface area contributed by atoms with E-state index in [2.05, 4.69) is 16.7 Å². The summed E-state index contributed by atoms with van der Waals surface area (Å²) in [5.41, 5.74) is 6.44. The Morgan fingerprint density at radius 3 is 2.27 bits per heavy atom. The van der Waals surface area contributed by atoms with Crippen LogP contribution >= 0.6 is 11.3 Å². The van der Waals surface area contributed by atoms with Crippen LogP contribution in [0.3, 0.4) is 0 Å². The van der Waals surface area contributed by atoms with E-state index in [1.165, 1.54) is 17.4 Å². The van der Waals surface area contributed by atoms with Crippen LogP contribution in [-0.4, -0.2) is 111 Å². The number of amides is 6. The summed E-state index contributed by atoms with van der Waals surface area (Å²) in [6, 6.07) is 24.7. The first-order chi connectivity index (χ1) is 32.0. The highest BCUT2D eigenvalue weighted by Crippen LogP contribution is 2.37. The summed E-state index contributed by atoms with van der Waals surface area (Å²) in [6.45, 7) is 6.85. The number of thiazole rings is 1. The number of rotatable bonds is 20. The number of nitrogens with zero attached hydrogens (tertiary/aromatic N) is 3. The molecule has 1 atom stereocenters. The van der Waals surface area contributed by atoms with Crippen LogP contribution in [0.25, 0.3) is 11.3 Å². The van der Waals surface area contributed by atoms with Gasteiger partial charge in [-0.1, -0.05) is 42.5 Å². The van der Waals surface area contributed by atoms with Gasteiger partial charge in [-0.2, -0.15) is 0 Å². The van der Waals surface area contributed by atoms with E-state index in [1.807, 2.05) is 79.4 Å². The van der Waals surface area contributed by atoms with Crippen LogP contribution in [0.5, 0.6) is 11.5 Å². The lowest BCUT2D eigenvalue weighted by Crippen LogP contribution is -2.54. The van der Waals surface area contributed by atoms with E-state index in [1.54, 1.807) is 12.1 Å². The van der Waals surface area contributed by atoms with Crippen molar-refractivity contribution in [3.8, 4) is 22.8 Å². The van der Waals surface area contributed by atoms with Gasteiger partial charge in [0, 0.05) is 34.7 Å². The molecule has 3 aliphatic rings. The second-order valence-corrected chi connectivity index (χ2v) is 17.0. The molecule has 0 saturated carbocycles. The number of hydrogen-bond acceptors (Lipinski definition) is 13. The number of aryl methyl sites for hydroxylation is 2. The summed E-state index contributed by atoms with van der Waals surface area (Å²) in [5, 5.41) is 5.66. The number of anilines is 2. The predicted octanol–water partition coefficient (Wildman–Crippen LogP) is 5.72. The summed E-state index contributed by atoms with van der Waals surface area (Å²) in [6.07, 6.45) is 1.01. The first-order valence-electron chi connectivity index (χ1n) is 21.8. The number of hydrogen-bond donors (Lipinski definition) is 2. The van der Waals surface area contributed by atoms with Crippen molar-refractivity contribution < 1.29 is 52.5 Å². The Balaban J connectivity index is 0.690. The van der Waals surface area contributed by atoms with Gasteiger partial charge in [-0.05, 0) is 85.8 Å². The molecule has 66 heavy (non-hydrogen) atoms. The molecule has 0 bridgehead atoms. The number of carbonyl (C=O) groups excluding carboxylic acids is 6. The largest absolute Gasteiger partial charge is 0.491 e. The maximum absolute atomic E-state index is 13.4. The first kappa shape index (κ1) is 45.8. The maximum atomic E-state index is 13.4. The number of imide groups is 2. The zero-order valence-electron chi connectivity index (χ0n) is 36.6. The fraction of sp³-hybridized carbons (Fsp3) is 0.327. The monoisotopic (exact) mass is 915 g/mol. The summed E-state index contributed by atoms with van der Waals surface area (Å²) in [5.74, 6) is -1.70. The molecule has 1 fully saturated rings. The van der Waals surface area contributed by atoms with Crippen LogP contribution in [0.15, 0.2) is 84.9 Å². The van der Waals surface area contributed by atoms with E-state index in [0.717, 1.165) is 49.8 Å². The van der Waals surface area contributed by atoms with Gasteiger partial charge in [0.2, 0.25) is 17.7 Å². The number of piperidine rings is 1. The van der Waals surface area contributed by atoms with E-state index in [-0.39, 0.29) is 61.2 Å². The minimum absolute atomic E-state index is 0.00301. The van der Waals surface area contributed by atoms with Crippen molar-refractivity contribution in [2.75, 3.05) is 69.6 Å². The third-order valence-corrected chi connectivity index (χ3v) is 12.2. The Morgan fingerprint density at radius 2 is 1.52 bits per heavy atom. The minimum atomic E-state index is -1.05. The number of ether oxygens (including phenoxy) is 5. The van der Waals surface area contributed by atoms with Crippen molar-refractivity contribution >= 4 is 57.6 Å². The average Bonchev–Trinajstić information content (AvgIpc) is 3.97. The van der Waals surface area contributed by atoms with Crippen molar-refractivity contribution in [3.05, 3.63) is 123 Å². The molecule has 342 valence electrons. The van der Waals surface area contributed by atoms with Gasteiger partial charge in [0.05, 0.1) is 62.9 Å². The molecule has 4 heterocycles. The third-order valence-electron chi connectivity index (χ3n) is 11.3. The van der Waals surface area contributed by atoms with Gasteiger partial charge in [0.1, 0.15) is 30.8 Å². The Labute approximate surface area is 385 Å². The van der Waals surface area contributed by atoms with Crippen LogP contribution in [0, 0.1) is 13.8 Å². The quantitative estimate of drug-likeness (QED) is 0.0715. The molecule has 5 aromatic rings. The molecule has 1 aromatic heterocycles. The van der Waals surface area contributed by atoms with Gasteiger partial charge in [0.25, 0.3) is 17.7 Å². The van der Waals surface area contributed by atoms with Crippen LogP contribution in [0.4, 0.5) is 10.8 Å². The van der Waals surface area contributed by atoms with Crippen molar-refractivity contribution in [2.45, 2.75) is 45.6 Å². The van der Waals surface area contributed by atoms with Crippen molar-refractivity contribution in [3.63, 3.8) is 0 Å². The van der Waals surface area contributed by atoms with Gasteiger partial charge in [0.15, 0.2) is 5.13 Å². The molecule has 17 heteroatoms. The molecule has 4 aromatic carbocycles. The number of carbonyl (C=O) groups is 6. The summed E-state index contributed by atoms with van der Waals surface area (Å²) in [4.78, 5) is 85.0. The van der Waals surface area contributed by atoms with Gasteiger partial charge >= 0.3 is 0 Å². The maximum Gasteiger partial charge on any atom is 0.266 e. The zero-order chi connectivity index (χ0) is 46.2. The molecular weight excluding hydrogens is 867 g/mol. The van der Waals surface area contributed by atoms with Gasteiger partial charge in [-0.15, -0.1) is 11.3 Å². The Morgan fingerprint density at radius 1 is 0.788 bits per heavy atom. The average molecular weight is 916 g/mol. The second kappa shape index (κ2) is 21.0. The molecule has 6 amide bonds. The molecule has 0 radical (unpaired) electrons. The summed E-state index contributed by atoms with van der Waals surface area (Å²) in [7, 11) is 0. The molecule has 0 spiro atoms. The SMILES string of the molecule is Cc1ccccc1C(=O)N1CCc2cc(-c3nc(NC(=O)Cc4cccc(OCCOCCOCCOCCOc5cccc6c5C(=O)N(C5CCC(=O)NC5=O)C6=O)c4)sc3C)ccc21. The van der Waals surface area contributed by atoms with E-state index < -0.39 is 29.7 Å². The predicted molar refractivity (Wildman–Crippen MR) is 244 cm³/mol. The smallest absolute Gasteiger partial charge is 0.266 e. The van der Waals surface area contributed by atoms with Gasteiger partial charge < -0.3 is 33.9 Å². The zero-order valence-corrected chi connectivity index (χ0v) is 37.4. The lowest BCUT2D eigenvalue weighted by Gasteiger charge is -2.27. The topological polar surface area (TPSA) is 192 Å². The standard InChI is InChI=1S/C49H49N5O11S/c1-30-7-3-4-10-36(30)46(58)53-18-17-33-29-34(13-14-38(33)53)44-31(2)66-49(52-44)51-42(56)28-32-8-5-9-35(27-32)64-25-23-62-21-19-61-20-22-63-24-26-65-40-12-6-11-37-43(40)48(60)54(47(37)59)39-15-16-41(55)50-45(39)57/h3-14,27,29,39H,15-26,28H2,1-2H3,(H,50,55,57)(H,51,52,56). The Hall–Kier alpha value is -6.79. The lowest BCUT2D eigenvalue weighted by atomic mass is 10.0. The molecule has 16 nitrogen and oxygen atoms in total. The van der Waals surface area contributed by atoms with Crippen LogP contribution < -0.4 is 25.0 Å². The lowest BCUT2D eigenvalue weighted by molar-refractivity contribution is -0.136. The Kier molecular flexibility index (Phi) is 14.6. The highest BCUT2D eigenvalue weighted by molar-refractivity contribution is 7.16. The van der Waals surface area contributed by atoms with E-state index >= 15 is 0 Å². The normalized spacial score (nSPS) is 15.5. The number of benzene rings is 4. The van der Waals surface area contributed by atoms with Crippen molar-refractivity contribution in [2.24, 2.45) is 0 Å². The van der Waals surface area contributed by atoms with E-state index in [0.29, 0.717) is 62.6 Å². The minimum Gasteiger partial charge on any atom is -0.491 e. The number of nitrogens with one attached hydrogen (secondary N) is 2. The highest BCUT2D eigenvalue weighted by Gasteiger charge is 2.46. The fourth-order valence-electron chi connectivity index (χ4n) is 8.11. The fourth-order valence-corrected chi connectivity index (χ4v) is 8.96. The molecule has 8 rings (SSSR count). The second-order valence-electron chi connectivity index (χ2n) is 15.8. The van der Waals surface area contributed by atoms with Gasteiger partial charge in [-0.25, -0.2) is 4.98 Å². The molecule has 1 saturated heterocycles. The molecule has 2 N–H and O–H groups in total. The number of fused-ring (bicyclic) bond motifs is 2. The van der Waals surface area contributed by atoms with E-state index in [9.17, 15) is 28.8 Å². The summed E-state index contributed by atoms with van der Waals surface area (Å²) >= 11 is 1.42. The number of aromatic nitrogens is 1.